The van der Waals surface area contributed by atoms with Crippen molar-refractivity contribution in [2.24, 2.45) is 0 Å². The molecule has 5 heterocycles. The van der Waals surface area contributed by atoms with Crippen LogP contribution in [0.2, 0.25) is 0 Å². The van der Waals surface area contributed by atoms with Gasteiger partial charge in [-0.25, -0.2) is 15.0 Å². The lowest BCUT2D eigenvalue weighted by Crippen LogP contribution is -2.10. The van der Waals surface area contributed by atoms with E-state index in [9.17, 15) is 0 Å². The molecule has 0 atom stereocenters. The summed E-state index contributed by atoms with van der Waals surface area (Å²) in [6.45, 7) is 0. The van der Waals surface area contributed by atoms with Crippen LogP contribution in [0.15, 0.2) is 197 Å². The van der Waals surface area contributed by atoms with Crippen LogP contribution in [0.3, 0.4) is 0 Å². The molecule has 0 saturated heterocycles. The zero-order chi connectivity index (χ0) is 48.6. The van der Waals surface area contributed by atoms with E-state index in [4.69, 9.17) is 23.8 Å². The number of furan rings is 2. The fraction of sp³-hybridized carbons (Fsp3) is 0.0339. The largest absolute Gasteiger partial charge is 0.456 e. The normalized spacial score (nSPS) is 12.6. The number of nitrogens with zero attached hydrogens (tertiary/aromatic N) is 5. The smallest absolute Gasteiger partial charge is 0.416 e. The van der Waals surface area contributed by atoms with Crippen molar-refractivity contribution in [2.45, 2.75) is 12.4 Å². The first kappa shape index (κ1) is 41.7. The van der Waals surface area contributed by atoms with E-state index >= 15 is 26.3 Å². The average Bonchev–Trinajstić information content (AvgIpc) is 4.14. The highest BCUT2D eigenvalue weighted by molar-refractivity contribution is 6.19. The Morgan fingerprint density at radius 1 is 0.319 bits per heavy atom. The minimum atomic E-state index is -4.80. The molecule has 0 aliphatic carbocycles. The minimum Gasteiger partial charge on any atom is -0.456 e. The zero-order valence-electron chi connectivity index (χ0n) is 37.2. The molecule has 0 saturated carbocycles. The Kier molecular flexibility index (Phi) is 8.77. The lowest BCUT2D eigenvalue weighted by molar-refractivity contribution is -0.138. The number of fused-ring (bicyclic) bond motifs is 12. The number of aromatic nitrogens is 5. The van der Waals surface area contributed by atoms with Crippen LogP contribution in [0.5, 0.6) is 0 Å². The summed E-state index contributed by atoms with van der Waals surface area (Å²) < 4.78 is 107. The van der Waals surface area contributed by atoms with Gasteiger partial charge >= 0.3 is 12.4 Å². The SMILES string of the molecule is FC(F)(F)c1ccc(-n2c3ccccc3c3cc4oc5ccccc5c4cc32)c(-c2nc(-c3ccccc3)nc(-c3cc(C(F)(F)F)ccc3-n3c4ccccc4c4cc5oc6ccccc6c5cc43)n2)c1. The average molecular weight is 956 g/mol. The van der Waals surface area contributed by atoms with Crippen LogP contribution in [0, 0.1) is 0 Å². The summed E-state index contributed by atoms with van der Waals surface area (Å²) in [5.74, 6) is -0.360. The van der Waals surface area contributed by atoms with Gasteiger partial charge < -0.3 is 18.0 Å². The van der Waals surface area contributed by atoms with E-state index in [0.29, 0.717) is 61.3 Å². The molecule has 14 rings (SSSR count). The van der Waals surface area contributed by atoms with E-state index in [2.05, 4.69) is 0 Å². The molecule has 7 nitrogen and oxygen atoms in total. The van der Waals surface area contributed by atoms with Gasteiger partial charge in [0.05, 0.1) is 44.6 Å². The van der Waals surface area contributed by atoms with Crippen molar-refractivity contribution in [2.75, 3.05) is 0 Å². The molecule has 0 N–H and O–H groups in total. The minimum absolute atomic E-state index is 0.0323. The topological polar surface area (TPSA) is 74.8 Å². The van der Waals surface area contributed by atoms with Gasteiger partial charge in [-0.2, -0.15) is 26.3 Å². The number of halogens is 6. The number of hydrogen-bond acceptors (Lipinski definition) is 5. The maximum Gasteiger partial charge on any atom is 0.416 e. The standard InChI is InChI=1S/C59H31F6N5O2/c60-58(61,62)33-22-24-47(69-45-18-8-4-14-35(45)39-30-53-41(28-49(39)69)37-16-6-10-20-51(37)71-53)43(26-33)56-66-55(32-12-2-1-3-13-32)67-57(68-56)44-27-34(59(63,64)65)23-25-48(44)70-46-19-9-5-15-36(46)40-31-54-42(29-50(40)70)38-17-7-11-21-52(38)72-54/h1-31H. The summed E-state index contributed by atoms with van der Waals surface area (Å²) in [5.41, 5.74) is 4.33. The summed E-state index contributed by atoms with van der Waals surface area (Å²) in [5, 5.41) is 6.49. The molecule has 5 aromatic heterocycles. The Balaban J connectivity index is 1.08. The first-order chi connectivity index (χ1) is 34.9. The monoisotopic (exact) mass is 955 g/mol. The highest BCUT2D eigenvalue weighted by Gasteiger charge is 2.34. The maximum atomic E-state index is 15.0. The Morgan fingerprint density at radius 3 is 1.18 bits per heavy atom. The molecule has 0 bridgehead atoms. The van der Waals surface area contributed by atoms with Gasteiger partial charge in [-0.15, -0.1) is 0 Å². The molecule has 0 unspecified atom stereocenters. The van der Waals surface area contributed by atoms with E-state index in [1.54, 1.807) is 30.3 Å². The van der Waals surface area contributed by atoms with Crippen molar-refractivity contribution >= 4 is 87.5 Å². The van der Waals surface area contributed by atoms with E-state index in [1.807, 2.05) is 130 Å². The third kappa shape index (κ3) is 6.36. The van der Waals surface area contributed by atoms with Gasteiger partial charge in [0.2, 0.25) is 0 Å². The zero-order valence-corrected chi connectivity index (χ0v) is 37.2. The Morgan fingerprint density at radius 2 is 0.722 bits per heavy atom. The lowest BCUT2D eigenvalue weighted by atomic mass is 10.0. The second kappa shape index (κ2) is 15.1. The number of alkyl halides is 6. The molecule has 0 aliphatic rings. The molecule has 0 radical (unpaired) electrons. The molecular weight excluding hydrogens is 925 g/mol. The molecule has 346 valence electrons. The van der Waals surface area contributed by atoms with Crippen molar-refractivity contribution in [1.29, 1.82) is 0 Å². The summed E-state index contributed by atoms with van der Waals surface area (Å²) in [6, 6.07) is 53.7. The van der Waals surface area contributed by atoms with Crippen molar-refractivity contribution < 1.29 is 35.2 Å². The van der Waals surface area contributed by atoms with E-state index < -0.39 is 23.5 Å². The third-order valence-electron chi connectivity index (χ3n) is 13.6. The number of rotatable bonds is 5. The van der Waals surface area contributed by atoms with Crippen LogP contribution >= 0.6 is 0 Å². The molecule has 9 aromatic carbocycles. The second-order valence-corrected chi connectivity index (χ2v) is 17.8. The van der Waals surface area contributed by atoms with E-state index in [-0.39, 0.29) is 28.6 Å². The quantitative estimate of drug-likeness (QED) is 0.161. The summed E-state index contributed by atoms with van der Waals surface area (Å²) in [7, 11) is 0. The van der Waals surface area contributed by atoms with Crippen molar-refractivity contribution in [3.8, 4) is 45.5 Å². The molecule has 0 amide bonds. The van der Waals surface area contributed by atoms with Gasteiger partial charge in [-0.3, -0.25) is 0 Å². The van der Waals surface area contributed by atoms with E-state index in [1.165, 1.54) is 12.1 Å². The summed E-state index contributed by atoms with van der Waals surface area (Å²) in [4.78, 5) is 14.8. The van der Waals surface area contributed by atoms with Crippen LogP contribution in [0.1, 0.15) is 11.1 Å². The van der Waals surface area contributed by atoms with Gasteiger partial charge in [-0.05, 0) is 84.9 Å². The Hall–Kier alpha value is -9.23. The maximum absolute atomic E-state index is 15.0. The van der Waals surface area contributed by atoms with Gasteiger partial charge in [0.15, 0.2) is 17.5 Å². The predicted molar refractivity (Wildman–Crippen MR) is 269 cm³/mol. The van der Waals surface area contributed by atoms with Gasteiger partial charge in [0.25, 0.3) is 0 Å². The first-order valence-electron chi connectivity index (χ1n) is 22.9. The first-order valence-corrected chi connectivity index (χ1v) is 22.9. The van der Waals surface area contributed by atoms with Gasteiger partial charge in [0.1, 0.15) is 22.3 Å². The lowest BCUT2D eigenvalue weighted by Gasteiger charge is -2.18. The molecule has 72 heavy (non-hydrogen) atoms. The van der Waals surface area contributed by atoms with Crippen LogP contribution in [-0.4, -0.2) is 24.1 Å². The number of hydrogen-bond donors (Lipinski definition) is 0. The molecule has 13 heteroatoms. The predicted octanol–water partition coefficient (Wildman–Crippen LogP) is 16.9. The van der Waals surface area contributed by atoms with Crippen molar-refractivity contribution in [1.82, 2.24) is 24.1 Å². The Bertz CT molecular complexity index is 4300. The van der Waals surface area contributed by atoms with E-state index in [0.717, 1.165) is 67.4 Å². The van der Waals surface area contributed by atoms with Crippen molar-refractivity contribution in [3.05, 3.63) is 199 Å². The Labute approximate surface area is 402 Å². The molecule has 0 fully saturated rings. The number of para-hydroxylation sites is 4. The molecule has 0 spiro atoms. The number of benzene rings is 9. The molecular formula is C59H31F6N5O2. The van der Waals surface area contributed by atoms with Gasteiger partial charge in [-0.1, -0.05) is 103 Å². The second-order valence-electron chi connectivity index (χ2n) is 17.8. The summed E-state index contributed by atoms with van der Waals surface area (Å²) >= 11 is 0. The highest BCUT2D eigenvalue weighted by atomic mass is 19.4. The molecule has 14 aromatic rings. The highest BCUT2D eigenvalue weighted by Crippen LogP contribution is 2.45. The summed E-state index contributed by atoms with van der Waals surface area (Å²) in [6.07, 6.45) is -9.60. The molecule has 0 aliphatic heterocycles. The van der Waals surface area contributed by atoms with Crippen LogP contribution in [0.25, 0.3) is 133 Å². The van der Waals surface area contributed by atoms with Crippen molar-refractivity contribution in [3.63, 3.8) is 0 Å². The van der Waals surface area contributed by atoms with Gasteiger partial charge in [0, 0.05) is 59.8 Å². The van der Waals surface area contributed by atoms with Crippen LogP contribution in [0.4, 0.5) is 26.3 Å². The van der Waals surface area contributed by atoms with Crippen LogP contribution in [-0.2, 0) is 12.4 Å². The third-order valence-corrected chi connectivity index (χ3v) is 13.6. The fourth-order valence-corrected chi connectivity index (χ4v) is 10.4. The van der Waals surface area contributed by atoms with Crippen LogP contribution < -0.4 is 0 Å². The fourth-order valence-electron chi connectivity index (χ4n) is 10.4.